The Morgan fingerprint density at radius 2 is 1.73 bits per heavy atom. The molecule has 0 saturated carbocycles. The van der Waals surface area contributed by atoms with Gasteiger partial charge in [-0.25, -0.2) is 4.79 Å². The molecule has 0 bridgehead atoms. The fourth-order valence-electron chi connectivity index (χ4n) is 1.74. The highest BCUT2D eigenvalue weighted by Crippen LogP contribution is 2.29. The van der Waals surface area contributed by atoms with Crippen molar-refractivity contribution in [3.63, 3.8) is 0 Å². The van der Waals surface area contributed by atoms with E-state index in [0.717, 1.165) is 12.1 Å². The van der Waals surface area contributed by atoms with Crippen molar-refractivity contribution in [2.75, 3.05) is 7.11 Å². The minimum Gasteiger partial charge on any atom is -0.467 e. The van der Waals surface area contributed by atoms with Crippen molar-refractivity contribution in [2.45, 2.75) is 32.5 Å². The molecule has 22 heavy (non-hydrogen) atoms. The van der Waals surface area contributed by atoms with Crippen molar-refractivity contribution in [1.82, 2.24) is 5.32 Å². The molecular weight excluding hydrogens is 299 g/mol. The van der Waals surface area contributed by atoms with Crippen molar-refractivity contribution < 1.29 is 27.5 Å². The number of amides is 1. The first kappa shape index (κ1) is 18.0. The zero-order valence-corrected chi connectivity index (χ0v) is 12.5. The Balaban J connectivity index is 2.86. The van der Waals surface area contributed by atoms with Gasteiger partial charge < -0.3 is 10.1 Å². The van der Waals surface area contributed by atoms with E-state index < -0.39 is 23.8 Å². The highest BCUT2D eigenvalue weighted by atomic mass is 19.4. The quantitative estimate of drug-likeness (QED) is 0.849. The van der Waals surface area contributed by atoms with Crippen LogP contribution in [0.25, 0.3) is 0 Å². The van der Waals surface area contributed by atoms with Gasteiger partial charge in [-0.2, -0.15) is 13.2 Å². The molecule has 0 aliphatic carbocycles. The number of carbonyl (C=O) groups is 2. The molecule has 4 nitrogen and oxygen atoms in total. The minimum atomic E-state index is -4.41. The van der Waals surface area contributed by atoms with Gasteiger partial charge in [-0.3, -0.25) is 4.79 Å². The van der Waals surface area contributed by atoms with Crippen LogP contribution in [-0.2, 0) is 26.9 Å². The van der Waals surface area contributed by atoms with Crippen molar-refractivity contribution in [3.8, 4) is 0 Å². The Morgan fingerprint density at radius 3 is 2.14 bits per heavy atom. The van der Waals surface area contributed by atoms with Crippen molar-refractivity contribution in [3.05, 3.63) is 35.4 Å². The molecule has 0 fully saturated rings. The van der Waals surface area contributed by atoms with E-state index in [4.69, 9.17) is 0 Å². The Labute approximate surface area is 126 Å². The summed E-state index contributed by atoms with van der Waals surface area (Å²) in [5, 5.41) is 2.52. The predicted octanol–water partition coefficient (Wildman–Crippen LogP) is 2.56. The summed E-state index contributed by atoms with van der Waals surface area (Å²) in [7, 11) is 1.18. The van der Waals surface area contributed by atoms with Crippen LogP contribution in [0.15, 0.2) is 24.3 Å². The molecule has 1 aromatic rings. The number of rotatable bonds is 5. The molecule has 0 heterocycles. The lowest BCUT2D eigenvalue weighted by atomic mass is 10.0. The Morgan fingerprint density at radius 1 is 1.18 bits per heavy atom. The third kappa shape index (κ3) is 5.05. The number of esters is 1. The second-order valence-corrected chi connectivity index (χ2v) is 5.14. The Kier molecular flexibility index (Phi) is 5.96. The third-order valence-corrected chi connectivity index (χ3v) is 3.05. The molecule has 0 radical (unpaired) electrons. The van der Waals surface area contributed by atoms with Gasteiger partial charge in [0.05, 0.1) is 12.7 Å². The number of benzene rings is 1. The lowest BCUT2D eigenvalue weighted by Gasteiger charge is -2.18. The van der Waals surface area contributed by atoms with E-state index in [2.05, 4.69) is 10.1 Å². The summed E-state index contributed by atoms with van der Waals surface area (Å²) in [6, 6.07) is 3.50. The van der Waals surface area contributed by atoms with Crippen LogP contribution in [0.1, 0.15) is 25.0 Å². The summed E-state index contributed by atoms with van der Waals surface area (Å²) >= 11 is 0. The molecule has 122 valence electrons. The van der Waals surface area contributed by atoms with Crippen LogP contribution in [-0.4, -0.2) is 25.0 Å². The Hall–Kier alpha value is -2.05. The summed E-state index contributed by atoms with van der Waals surface area (Å²) in [5.74, 6) is -1.30. The van der Waals surface area contributed by atoms with Crippen LogP contribution in [0.2, 0.25) is 0 Å². The van der Waals surface area contributed by atoms with E-state index >= 15 is 0 Å². The van der Waals surface area contributed by atoms with Gasteiger partial charge in [-0.1, -0.05) is 26.0 Å². The van der Waals surface area contributed by atoms with Crippen LogP contribution < -0.4 is 5.32 Å². The first-order chi connectivity index (χ1) is 10.1. The van der Waals surface area contributed by atoms with E-state index in [1.54, 1.807) is 13.8 Å². The molecule has 1 atom stereocenters. The highest BCUT2D eigenvalue weighted by Gasteiger charge is 2.30. The molecule has 1 amide bonds. The molecule has 1 rings (SSSR count). The molecule has 7 heteroatoms. The van der Waals surface area contributed by atoms with E-state index in [1.807, 2.05) is 0 Å². The van der Waals surface area contributed by atoms with E-state index in [-0.39, 0.29) is 18.2 Å². The molecule has 0 unspecified atom stereocenters. The molecule has 0 spiro atoms. The summed E-state index contributed by atoms with van der Waals surface area (Å²) in [6.07, 6.45) is -4.35. The fourth-order valence-corrected chi connectivity index (χ4v) is 1.74. The maximum Gasteiger partial charge on any atom is 0.416 e. The largest absolute Gasteiger partial charge is 0.467 e. The van der Waals surface area contributed by atoms with Crippen LogP contribution >= 0.6 is 0 Å². The summed E-state index contributed by atoms with van der Waals surface area (Å²) < 4.78 is 42.1. The van der Waals surface area contributed by atoms with Gasteiger partial charge in [0.2, 0.25) is 5.91 Å². The number of halogens is 3. The molecule has 0 aliphatic rings. The topological polar surface area (TPSA) is 55.4 Å². The number of alkyl halides is 3. The van der Waals surface area contributed by atoms with Gasteiger partial charge in [0.15, 0.2) is 0 Å². The van der Waals surface area contributed by atoms with Crippen molar-refractivity contribution in [2.24, 2.45) is 5.92 Å². The third-order valence-electron chi connectivity index (χ3n) is 3.05. The number of carbonyl (C=O) groups excluding carboxylic acids is 2. The normalized spacial score (nSPS) is 12.9. The second kappa shape index (κ2) is 7.29. The average molecular weight is 317 g/mol. The lowest BCUT2D eigenvalue weighted by molar-refractivity contribution is -0.145. The van der Waals surface area contributed by atoms with E-state index in [9.17, 15) is 22.8 Å². The monoisotopic (exact) mass is 317 g/mol. The molecular formula is C15H18F3NO3. The van der Waals surface area contributed by atoms with Gasteiger partial charge in [0.1, 0.15) is 6.04 Å². The standard InChI is InChI=1S/C15H18F3NO3/c1-9(2)13(20)19-12(14(21)22-3)8-10-4-6-11(7-5-10)15(16,17)18/h4-7,9,12H,8H2,1-3H3,(H,19,20)/t12-/m0/s1. The number of nitrogens with one attached hydrogen (secondary N) is 1. The summed E-state index contributed by atoms with van der Waals surface area (Å²) in [5.41, 5.74) is -0.274. The first-order valence-electron chi connectivity index (χ1n) is 6.69. The number of ether oxygens (including phenoxy) is 1. The average Bonchev–Trinajstić information content (AvgIpc) is 2.45. The number of hydrogen-bond acceptors (Lipinski definition) is 3. The van der Waals surface area contributed by atoms with Crippen LogP contribution in [0.3, 0.4) is 0 Å². The summed E-state index contributed by atoms with van der Waals surface area (Å²) in [4.78, 5) is 23.4. The SMILES string of the molecule is COC(=O)[C@H](Cc1ccc(C(F)(F)F)cc1)NC(=O)C(C)C. The van der Waals surface area contributed by atoms with Gasteiger partial charge in [-0.15, -0.1) is 0 Å². The van der Waals surface area contributed by atoms with E-state index in [0.29, 0.717) is 5.56 Å². The van der Waals surface area contributed by atoms with Crippen molar-refractivity contribution in [1.29, 1.82) is 0 Å². The lowest BCUT2D eigenvalue weighted by Crippen LogP contribution is -2.44. The smallest absolute Gasteiger partial charge is 0.416 e. The number of hydrogen-bond donors (Lipinski definition) is 1. The molecule has 1 aromatic carbocycles. The molecule has 1 N–H and O–H groups in total. The first-order valence-corrected chi connectivity index (χ1v) is 6.69. The van der Waals surface area contributed by atoms with E-state index in [1.165, 1.54) is 19.2 Å². The predicted molar refractivity (Wildman–Crippen MR) is 73.9 cm³/mol. The zero-order valence-electron chi connectivity index (χ0n) is 12.5. The fraction of sp³-hybridized carbons (Fsp3) is 0.467. The highest BCUT2D eigenvalue weighted by molar-refractivity contribution is 5.85. The van der Waals surface area contributed by atoms with Gasteiger partial charge >= 0.3 is 12.1 Å². The van der Waals surface area contributed by atoms with Gasteiger partial charge in [-0.05, 0) is 17.7 Å². The minimum absolute atomic E-state index is 0.0588. The second-order valence-electron chi connectivity index (χ2n) is 5.14. The zero-order chi connectivity index (χ0) is 16.9. The van der Waals surface area contributed by atoms with Gasteiger partial charge in [0.25, 0.3) is 0 Å². The van der Waals surface area contributed by atoms with Crippen LogP contribution in [0, 0.1) is 5.92 Å². The Bertz CT molecular complexity index is 524. The maximum absolute atomic E-state index is 12.5. The van der Waals surface area contributed by atoms with Gasteiger partial charge in [0, 0.05) is 12.3 Å². The molecule has 0 aliphatic heterocycles. The molecule has 0 aromatic heterocycles. The number of methoxy groups -OCH3 is 1. The maximum atomic E-state index is 12.5. The van der Waals surface area contributed by atoms with Crippen LogP contribution in [0.5, 0.6) is 0 Å². The van der Waals surface area contributed by atoms with Crippen LogP contribution in [0.4, 0.5) is 13.2 Å². The molecule has 0 saturated heterocycles. The summed E-state index contributed by atoms with van der Waals surface area (Å²) in [6.45, 7) is 3.34. The van der Waals surface area contributed by atoms with Crippen molar-refractivity contribution >= 4 is 11.9 Å².